The Bertz CT molecular complexity index is 414. The molecule has 0 amide bonds. The second-order valence-corrected chi connectivity index (χ2v) is 5.29. The van der Waals surface area contributed by atoms with Gasteiger partial charge < -0.3 is 5.32 Å². The summed E-state index contributed by atoms with van der Waals surface area (Å²) in [5, 5.41) is 3.46. The predicted octanol–water partition coefficient (Wildman–Crippen LogP) is 4.47. The molecule has 0 aromatic heterocycles. The fourth-order valence-corrected chi connectivity index (χ4v) is 2.99. The van der Waals surface area contributed by atoms with Gasteiger partial charge in [-0.15, -0.1) is 0 Å². The monoisotopic (exact) mass is 271 g/mol. The van der Waals surface area contributed by atoms with Crippen molar-refractivity contribution in [3.8, 4) is 0 Å². The van der Waals surface area contributed by atoms with Crippen molar-refractivity contribution in [2.45, 2.75) is 50.7 Å². The van der Waals surface area contributed by atoms with Crippen molar-refractivity contribution >= 4 is 0 Å². The number of piperidine rings is 1. The van der Waals surface area contributed by atoms with Gasteiger partial charge in [-0.3, -0.25) is 0 Å². The van der Waals surface area contributed by atoms with Crippen molar-refractivity contribution in [3.05, 3.63) is 35.4 Å². The molecule has 0 radical (unpaired) electrons. The molecule has 1 aliphatic rings. The molecule has 1 aromatic rings. The third-order valence-corrected chi connectivity index (χ3v) is 3.91. The van der Waals surface area contributed by atoms with Crippen molar-refractivity contribution in [3.63, 3.8) is 0 Å². The summed E-state index contributed by atoms with van der Waals surface area (Å²) in [5.74, 6) is 0. The van der Waals surface area contributed by atoms with Crippen LogP contribution in [0.3, 0.4) is 0 Å². The standard InChI is InChI=1S/C15H20F3N/c1-2-8-14(9-3-4-10-19-14)12-6-5-7-13(11-12)15(16,17)18/h5-7,11,19H,2-4,8-10H2,1H3. The van der Waals surface area contributed by atoms with Crippen LogP contribution in [0.15, 0.2) is 24.3 Å². The van der Waals surface area contributed by atoms with Gasteiger partial charge in [-0.1, -0.05) is 31.9 Å². The van der Waals surface area contributed by atoms with E-state index in [9.17, 15) is 13.2 Å². The lowest BCUT2D eigenvalue weighted by Crippen LogP contribution is -2.45. The molecule has 1 nitrogen and oxygen atoms in total. The summed E-state index contributed by atoms with van der Waals surface area (Å²) >= 11 is 0. The summed E-state index contributed by atoms with van der Waals surface area (Å²) in [6, 6.07) is 5.80. The lowest BCUT2D eigenvalue weighted by molar-refractivity contribution is -0.137. The summed E-state index contributed by atoms with van der Waals surface area (Å²) < 4.78 is 38.5. The molecule has 1 fully saturated rings. The minimum absolute atomic E-state index is 0.270. The van der Waals surface area contributed by atoms with E-state index in [1.807, 2.05) is 6.07 Å². The maximum Gasteiger partial charge on any atom is 0.416 e. The highest BCUT2D eigenvalue weighted by Crippen LogP contribution is 2.37. The Morgan fingerprint density at radius 2 is 2.05 bits per heavy atom. The third kappa shape index (κ3) is 3.11. The average molecular weight is 271 g/mol. The van der Waals surface area contributed by atoms with Crippen LogP contribution in [0.4, 0.5) is 13.2 Å². The lowest BCUT2D eigenvalue weighted by Gasteiger charge is -2.39. The summed E-state index contributed by atoms with van der Waals surface area (Å²) in [4.78, 5) is 0. The van der Waals surface area contributed by atoms with Crippen LogP contribution in [-0.4, -0.2) is 6.54 Å². The zero-order valence-corrected chi connectivity index (χ0v) is 11.2. The molecule has 1 heterocycles. The Kier molecular flexibility index (Phi) is 4.19. The molecular formula is C15H20F3N. The summed E-state index contributed by atoms with van der Waals surface area (Å²) in [5.41, 5.74) is -0.0365. The van der Waals surface area contributed by atoms with E-state index in [0.29, 0.717) is 0 Å². The molecular weight excluding hydrogens is 251 g/mol. The molecule has 1 saturated heterocycles. The normalized spacial score (nSPS) is 24.4. The molecule has 1 unspecified atom stereocenters. The van der Waals surface area contributed by atoms with Crippen LogP contribution in [0, 0.1) is 0 Å². The van der Waals surface area contributed by atoms with Crippen molar-refractivity contribution in [1.82, 2.24) is 5.32 Å². The average Bonchev–Trinajstić information content (AvgIpc) is 2.39. The van der Waals surface area contributed by atoms with Gasteiger partial charge in [0.1, 0.15) is 0 Å². The van der Waals surface area contributed by atoms with Crippen LogP contribution in [0.5, 0.6) is 0 Å². The quantitative estimate of drug-likeness (QED) is 0.855. The van der Waals surface area contributed by atoms with Crippen LogP contribution < -0.4 is 5.32 Å². The number of hydrogen-bond donors (Lipinski definition) is 1. The molecule has 0 spiro atoms. The van der Waals surface area contributed by atoms with Crippen molar-refractivity contribution in [1.29, 1.82) is 0 Å². The number of rotatable bonds is 3. The maximum atomic E-state index is 12.8. The van der Waals surface area contributed by atoms with Crippen LogP contribution in [0.2, 0.25) is 0 Å². The van der Waals surface area contributed by atoms with Crippen molar-refractivity contribution in [2.75, 3.05) is 6.54 Å². The molecule has 1 N–H and O–H groups in total. The first-order chi connectivity index (χ1) is 8.98. The summed E-state index contributed by atoms with van der Waals surface area (Å²) in [7, 11) is 0. The van der Waals surface area contributed by atoms with Crippen LogP contribution in [-0.2, 0) is 11.7 Å². The van der Waals surface area contributed by atoms with Gasteiger partial charge >= 0.3 is 6.18 Å². The second-order valence-electron chi connectivity index (χ2n) is 5.29. The van der Waals surface area contributed by atoms with Gasteiger partial charge in [-0.05, 0) is 43.5 Å². The number of halogens is 3. The van der Waals surface area contributed by atoms with Gasteiger partial charge in [0.05, 0.1) is 5.56 Å². The smallest absolute Gasteiger partial charge is 0.307 e. The minimum Gasteiger partial charge on any atom is -0.307 e. The van der Waals surface area contributed by atoms with Gasteiger partial charge in [0, 0.05) is 5.54 Å². The van der Waals surface area contributed by atoms with E-state index in [1.54, 1.807) is 0 Å². The van der Waals surface area contributed by atoms with Gasteiger partial charge in [0.2, 0.25) is 0 Å². The van der Waals surface area contributed by atoms with E-state index in [4.69, 9.17) is 0 Å². The molecule has 0 saturated carbocycles. The van der Waals surface area contributed by atoms with Gasteiger partial charge in [-0.2, -0.15) is 13.2 Å². The van der Waals surface area contributed by atoms with E-state index in [0.717, 1.165) is 50.3 Å². The van der Waals surface area contributed by atoms with Crippen LogP contribution in [0.25, 0.3) is 0 Å². The predicted molar refractivity (Wildman–Crippen MR) is 69.9 cm³/mol. The first-order valence-electron chi connectivity index (χ1n) is 6.91. The molecule has 19 heavy (non-hydrogen) atoms. The Morgan fingerprint density at radius 3 is 2.63 bits per heavy atom. The largest absolute Gasteiger partial charge is 0.416 e. The van der Waals surface area contributed by atoms with Gasteiger partial charge in [-0.25, -0.2) is 0 Å². The SMILES string of the molecule is CCCC1(c2cccc(C(F)(F)F)c2)CCCCN1. The Morgan fingerprint density at radius 1 is 1.26 bits per heavy atom. The van der Waals surface area contributed by atoms with E-state index in [2.05, 4.69) is 12.2 Å². The maximum absolute atomic E-state index is 12.8. The molecule has 1 atom stereocenters. The minimum atomic E-state index is -4.27. The van der Waals surface area contributed by atoms with Gasteiger partial charge in [0.25, 0.3) is 0 Å². The second kappa shape index (κ2) is 5.53. The topological polar surface area (TPSA) is 12.0 Å². The molecule has 2 rings (SSSR count). The van der Waals surface area contributed by atoms with Gasteiger partial charge in [0.15, 0.2) is 0 Å². The van der Waals surface area contributed by atoms with Crippen LogP contribution >= 0.6 is 0 Å². The summed E-state index contributed by atoms with van der Waals surface area (Å²) in [6.45, 7) is 2.96. The highest BCUT2D eigenvalue weighted by molar-refractivity contribution is 5.31. The number of hydrogen-bond acceptors (Lipinski definition) is 1. The fourth-order valence-electron chi connectivity index (χ4n) is 2.99. The van der Waals surface area contributed by atoms with E-state index in [-0.39, 0.29) is 5.54 Å². The molecule has 0 bridgehead atoms. The molecule has 1 aliphatic heterocycles. The van der Waals surface area contributed by atoms with E-state index < -0.39 is 11.7 Å². The number of nitrogens with one attached hydrogen (secondary N) is 1. The Balaban J connectivity index is 2.36. The fraction of sp³-hybridized carbons (Fsp3) is 0.600. The summed E-state index contributed by atoms with van der Waals surface area (Å²) in [6.07, 6.45) is 0.672. The Labute approximate surface area is 112 Å². The molecule has 1 aromatic carbocycles. The van der Waals surface area contributed by atoms with E-state index >= 15 is 0 Å². The molecule has 106 valence electrons. The first-order valence-corrected chi connectivity index (χ1v) is 6.91. The molecule has 4 heteroatoms. The number of benzene rings is 1. The zero-order chi connectivity index (χ0) is 13.9. The van der Waals surface area contributed by atoms with Crippen molar-refractivity contribution in [2.24, 2.45) is 0 Å². The zero-order valence-electron chi connectivity index (χ0n) is 11.2. The highest BCUT2D eigenvalue weighted by atomic mass is 19.4. The third-order valence-electron chi connectivity index (χ3n) is 3.91. The Hall–Kier alpha value is -1.03. The highest BCUT2D eigenvalue weighted by Gasteiger charge is 2.36. The lowest BCUT2D eigenvalue weighted by atomic mass is 9.78. The molecule has 0 aliphatic carbocycles. The van der Waals surface area contributed by atoms with E-state index in [1.165, 1.54) is 12.1 Å². The first kappa shape index (κ1) is 14.4. The van der Waals surface area contributed by atoms with Crippen LogP contribution in [0.1, 0.15) is 50.2 Å². The van der Waals surface area contributed by atoms with Crippen molar-refractivity contribution < 1.29 is 13.2 Å². The number of alkyl halides is 3.